The van der Waals surface area contributed by atoms with E-state index in [0.29, 0.717) is 0 Å². The van der Waals surface area contributed by atoms with Gasteiger partial charge in [-0.3, -0.25) is 0 Å². The van der Waals surface area contributed by atoms with Crippen LogP contribution in [-0.2, 0) is 5.41 Å². The topological polar surface area (TPSA) is 8.17 Å². The summed E-state index contributed by atoms with van der Waals surface area (Å²) in [7, 11) is 0. The molecule has 1 aromatic heterocycles. The number of nitrogens with zero attached hydrogens (tertiary/aromatic N) is 2. The van der Waals surface area contributed by atoms with Crippen LogP contribution in [0.5, 0.6) is 0 Å². The lowest BCUT2D eigenvalue weighted by Crippen LogP contribution is -2.30. The Bertz CT molecular complexity index is 2700. The van der Waals surface area contributed by atoms with Gasteiger partial charge in [-0.2, -0.15) is 0 Å². The molecular formula is C50H40N2. The van der Waals surface area contributed by atoms with E-state index in [9.17, 15) is 0 Å². The van der Waals surface area contributed by atoms with Crippen LogP contribution in [0.15, 0.2) is 182 Å². The molecule has 52 heavy (non-hydrogen) atoms. The van der Waals surface area contributed by atoms with Crippen molar-refractivity contribution in [1.82, 2.24) is 4.57 Å². The average molecular weight is 669 g/mol. The fourth-order valence-electron chi connectivity index (χ4n) is 9.19. The van der Waals surface area contributed by atoms with Crippen LogP contribution in [0.25, 0.3) is 49.0 Å². The summed E-state index contributed by atoms with van der Waals surface area (Å²) < 4.78 is 2.49. The van der Waals surface area contributed by atoms with Crippen molar-refractivity contribution in [1.29, 1.82) is 0 Å². The van der Waals surface area contributed by atoms with E-state index in [-0.39, 0.29) is 5.41 Å². The van der Waals surface area contributed by atoms with E-state index in [1.807, 2.05) is 0 Å². The number of aromatic nitrogens is 1. The molecule has 2 nitrogen and oxygen atoms in total. The molecular weight excluding hydrogens is 629 g/mol. The number of rotatable bonds is 6. The number of fused-ring (bicyclic) bond motifs is 6. The third kappa shape index (κ3) is 4.93. The van der Waals surface area contributed by atoms with Gasteiger partial charge in [-0.05, 0) is 88.7 Å². The summed E-state index contributed by atoms with van der Waals surface area (Å²) in [5.74, 6) is 0. The number of benzene rings is 8. The second kappa shape index (κ2) is 12.6. The molecule has 10 rings (SSSR count). The van der Waals surface area contributed by atoms with Crippen LogP contribution < -0.4 is 4.90 Å². The van der Waals surface area contributed by atoms with Crippen LogP contribution in [0, 0.1) is 0 Å². The predicted molar refractivity (Wildman–Crippen MR) is 221 cm³/mol. The molecule has 0 radical (unpaired) electrons. The molecule has 0 aliphatic heterocycles. The van der Waals surface area contributed by atoms with Crippen LogP contribution in [0.4, 0.5) is 17.1 Å². The predicted octanol–water partition coefficient (Wildman–Crippen LogP) is 13.8. The van der Waals surface area contributed by atoms with Gasteiger partial charge in [-0.25, -0.2) is 0 Å². The van der Waals surface area contributed by atoms with E-state index in [0.717, 1.165) is 17.1 Å². The Morgan fingerprint density at radius 2 is 0.942 bits per heavy atom. The first-order chi connectivity index (χ1) is 25.8. The average Bonchev–Trinajstić information content (AvgIpc) is 3.55. The molecule has 8 aromatic carbocycles. The monoisotopic (exact) mass is 668 g/mol. The molecule has 0 unspecified atom stereocenters. The molecule has 1 fully saturated rings. The van der Waals surface area contributed by atoms with Gasteiger partial charge in [-0.15, -0.1) is 0 Å². The minimum absolute atomic E-state index is 0.0676. The Hall–Kier alpha value is -6.12. The number of anilines is 3. The lowest BCUT2D eigenvalue weighted by atomic mass is 9.65. The summed E-state index contributed by atoms with van der Waals surface area (Å²) in [6.07, 6.45) is 6.26. The molecule has 9 aromatic rings. The minimum atomic E-state index is 0.0676. The Balaban J connectivity index is 1.17. The van der Waals surface area contributed by atoms with Gasteiger partial charge in [0, 0.05) is 38.6 Å². The molecule has 0 amide bonds. The normalized spacial score (nSPS) is 14.3. The van der Waals surface area contributed by atoms with Crippen molar-refractivity contribution in [3.63, 3.8) is 0 Å². The minimum Gasteiger partial charge on any atom is -0.310 e. The molecule has 1 saturated carbocycles. The number of hydrogen-bond donors (Lipinski definition) is 0. The first-order valence-corrected chi connectivity index (χ1v) is 18.7. The molecule has 1 aliphatic carbocycles. The van der Waals surface area contributed by atoms with Crippen molar-refractivity contribution in [3.8, 4) is 5.69 Å². The van der Waals surface area contributed by atoms with E-state index in [2.05, 4.69) is 191 Å². The molecule has 0 spiro atoms. The molecule has 0 N–H and O–H groups in total. The van der Waals surface area contributed by atoms with E-state index >= 15 is 0 Å². The fourth-order valence-corrected chi connectivity index (χ4v) is 9.19. The van der Waals surface area contributed by atoms with E-state index in [4.69, 9.17) is 0 Å². The highest BCUT2D eigenvalue weighted by Gasteiger charge is 2.35. The van der Waals surface area contributed by atoms with Gasteiger partial charge in [0.05, 0.1) is 16.7 Å². The van der Waals surface area contributed by atoms with Crippen molar-refractivity contribution in [2.75, 3.05) is 4.90 Å². The Labute approximate surface area is 305 Å². The lowest BCUT2D eigenvalue weighted by molar-refractivity contribution is 0.346. The molecule has 0 saturated heterocycles. The van der Waals surface area contributed by atoms with E-state index < -0.39 is 0 Å². The Morgan fingerprint density at radius 3 is 1.71 bits per heavy atom. The lowest BCUT2D eigenvalue weighted by Gasteiger charge is -2.39. The van der Waals surface area contributed by atoms with Gasteiger partial charge in [0.2, 0.25) is 0 Å². The Morgan fingerprint density at radius 1 is 0.385 bits per heavy atom. The smallest absolute Gasteiger partial charge is 0.0562 e. The number of hydrogen-bond acceptors (Lipinski definition) is 1. The van der Waals surface area contributed by atoms with Gasteiger partial charge in [0.25, 0.3) is 0 Å². The van der Waals surface area contributed by atoms with Crippen LogP contribution >= 0.6 is 0 Å². The summed E-state index contributed by atoms with van der Waals surface area (Å²) in [5.41, 5.74) is 9.99. The third-order valence-electron chi connectivity index (χ3n) is 11.6. The maximum Gasteiger partial charge on any atom is 0.0562 e. The second-order valence-corrected chi connectivity index (χ2v) is 14.4. The molecule has 0 atom stereocenters. The van der Waals surface area contributed by atoms with Crippen LogP contribution in [0.2, 0.25) is 0 Å². The number of para-hydroxylation sites is 2. The summed E-state index contributed by atoms with van der Waals surface area (Å²) >= 11 is 0. The summed E-state index contributed by atoms with van der Waals surface area (Å²) in [5, 5.41) is 7.56. The molecule has 2 heteroatoms. The van der Waals surface area contributed by atoms with E-state index in [1.165, 1.54) is 92.3 Å². The summed E-state index contributed by atoms with van der Waals surface area (Å²) in [6.45, 7) is 0. The molecule has 1 heterocycles. The van der Waals surface area contributed by atoms with Gasteiger partial charge in [-0.1, -0.05) is 153 Å². The zero-order valence-electron chi connectivity index (χ0n) is 29.3. The fraction of sp³-hybridized carbons (Fsp3) is 0.120. The maximum atomic E-state index is 2.49. The zero-order chi connectivity index (χ0) is 34.5. The second-order valence-electron chi connectivity index (χ2n) is 14.4. The highest BCUT2D eigenvalue weighted by Crippen LogP contribution is 2.46. The van der Waals surface area contributed by atoms with Crippen LogP contribution in [0.3, 0.4) is 0 Å². The van der Waals surface area contributed by atoms with Crippen LogP contribution in [0.1, 0.15) is 43.2 Å². The van der Waals surface area contributed by atoms with Crippen molar-refractivity contribution >= 4 is 60.4 Å². The molecule has 250 valence electrons. The third-order valence-corrected chi connectivity index (χ3v) is 11.6. The zero-order valence-corrected chi connectivity index (χ0v) is 29.3. The van der Waals surface area contributed by atoms with Crippen molar-refractivity contribution < 1.29 is 0 Å². The highest BCUT2D eigenvalue weighted by atomic mass is 15.1. The highest BCUT2D eigenvalue weighted by molar-refractivity contribution is 6.15. The van der Waals surface area contributed by atoms with Gasteiger partial charge in [0.15, 0.2) is 0 Å². The van der Waals surface area contributed by atoms with Gasteiger partial charge >= 0.3 is 0 Å². The first kappa shape index (κ1) is 30.7. The van der Waals surface area contributed by atoms with E-state index in [1.54, 1.807) is 0 Å². The molecule has 1 aliphatic rings. The summed E-state index contributed by atoms with van der Waals surface area (Å²) in [4.78, 5) is 2.42. The molecule has 0 bridgehead atoms. The van der Waals surface area contributed by atoms with Crippen LogP contribution in [-0.4, -0.2) is 4.57 Å². The van der Waals surface area contributed by atoms with Gasteiger partial charge in [0.1, 0.15) is 0 Å². The SMILES string of the molecule is c1ccc(N(c2ccc(C3(c4ccccc4)CCCCC3)cc2)c2ccc3c4ccccc4n(-c4cc5ccccc5c5ccccc45)c3c2)cc1. The van der Waals surface area contributed by atoms with Crippen molar-refractivity contribution in [3.05, 3.63) is 193 Å². The quantitative estimate of drug-likeness (QED) is 0.160. The van der Waals surface area contributed by atoms with Crippen molar-refractivity contribution in [2.45, 2.75) is 37.5 Å². The summed E-state index contributed by atoms with van der Waals surface area (Å²) in [6, 6.07) is 67.4. The first-order valence-electron chi connectivity index (χ1n) is 18.7. The maximum absolute atomic E-state index is 2.49. The Kier molecular flexibility index (Phi) is 7.42. The van der Waals surface area contributed by atoms with Gasteiger partial charge < -0.3 is 9.47 Å². The largest absolute Gasteiger partial charge is 0.310 e. The standard InChI is InChI=1S/C50H40N2/c1-4-17-37(18-5-1)50(32-14-3-15-33-50)38-26-28-40(29-27-38)51(39-19-6-2-7-20-39)41-30-31-46-45-24-12-13-25-47(45)52(49(46)35-41)48-34-36-16-8-9-21-42(36)43-22-10-11-23-44(43)48/h1-2,4-13,16-31,34-35H,3,14-15,32-33H2. The van der Waals surface area contributed by atoms with Crippen molar-refractivity contribution in [2.24, 2.45) is 0 Å².